The summed E-state index contributed by atoms with van der Waals surface area (Å²) in [6.07, 6.45) is 0. The molecule has 2 aromatic carbocycles. The van der Waals surface area contributed by atoms with E-state index in [1.165, 1.54) is 12.1 Å². The van der Waals surface area contributed by atoms with Gasteiger partial charge in [0.15, 0.2) is 11.6 Å². The van der Waals surface area contributed by atoms with Crippen molar-refractivity contribution in [3.63, 3.8) is 0 Å². The molecule has 0 bridgehead atoms. The third kappa shape index (κ3) is 5.27. The van der Waals surface area contributed by atoms with E-state index in [9.17, 15) is 19.2 Å². The third-order valence-corrected chi connectivity index (χ3v) is 7.15. The van der Waals surface area contributed by atoms with Crippen molar-refractivity contribution < 1.29 is 14.0 Å². The molecule has 202 valence electrons. The average Bonchev–Trinajstić information content (AvgIpc) is 2.97. The zero-order chi connectivity index (χ0) is 27.2. The van der Waals surface area contributed by atoms with E-state index in [1.54, 1.807) is 33.3 Å². The molecule has 7 N–H and O–H groups in total. The quantitative estimate of drug-likeness (QED) is 0.234. The molecular weight excluding hydrogens is 487 g/mol. The fourth-order valence-electron chi connectivity index (χ4n) is 5.32. The van der Waals surface area contributed by atoms with E-state index >= 15 is 0 Å². The zero-order valence-electron chi connectivity index (χ0n) is 21.9. The minimum Gasteiger partial charge on any atom is -0.386 e. The van der Waals surface area contributed by atoms with Crippen LogP contribution in [0, 0.1) is 17.1 Å². The molecule has 10 nitrogen and oxygen atoms in total. The van der Waals surface area contributed by atoms with Gasteiger partial charge in [-0.2, -0.15) is 5.26 Å². The van der Waals surface area contributed by atoms with Gasteiger partial charge in [0.2, 0.25) is 0 Å². The fraction of sp³-hybridized carbons (Fsp3) is 0.444. The minimum absolute atomic E-state index is 0.113. The van der Waals surface area contributed by atoms with Crippen LogP contribution in [0.5, 0.6) is 0 Å². The van der Waals surface area contributed by atoms with E-state index in [1.807, 2.05) is 6.07 Å². The number of nitriles is 1. The lowest BCUT2D eigenvalue weighted by atomic mass is 9.84. The van der Waals surface area contributed by atoms with Gasteiger partial charge in [-0.05, 0) is 30.3 Å². The first kappa shape index (κ1) is 27.6. The van der Waals surface area contributed by atoms with Gasteiger partial charge >= 0.3 is 0 Å². The van der Waals surface area contributed by atoms with Gasteiger partial charge in [-0.15, -0.1) is 0 Å². The summed E-state index contributed by atoms with van der Waals surface area (Å²) in [7, 11) is 5.10. The fourth-order valence-corrected chi connectivity index (χ4v) is 5.32. The molecule has 4 rings (SSSR count). The Bertz CT molecular complexity index is 1230. The van der Waals surface area contributed by atoms with Gasteiger partial charge in [0, 0.05) is 64.5 Å². The second kappa shape index (κ2) is 12.4. The summed E-state index contributed by atoms with van der Waals surface area (Å²) in [4.78, 5) is 27.9. The highest BCUT2D eigenvalue weighted by atomic mass is 19.1. The number of piperazine rings is 2. The third-order valence-electron chi connectivity index (χ3n) is 7.15. The number of carbonyl (C=O) groups excluding carboxylic acids is 2. The summed E-state index contributed by atoms with van der Waals surface area (Å²) >= 11 is 0. The molecule has 0 aliphatic carbocycles. The number of hydrogen-bond donors (Lipinski definition) is 7. The Morgan fingerprint density at radius 3 is 2.11 bits per heavy atom. The predicted molar refractivity (Wildman–Crippen MR) is 146 cm³/mol. The second-order valence-corrected chi connectivity index (χ2v) is 9.33. The first-order chi connectivity index (χ1) is 18.5. The molecular formula is C27H35FN8O2. The number of carbonyl (C=O) groups is 2. The number of anilines is 2. The molecule has 0 amide bonds. The van der Waals surface area contributed by atoms with E-state index in [0.29, 0.717) is 59.8 Å². The number of hydrogen-bond acceptors (Lipinski definition) is 10. The van der Waals surface area contributed by atoms with Crippen molar-refractivity contribution in [1.82, 2.24) is 26.6 Å². The summed E-state index contributed by atoms with van der Waals surface area (Å²) in [5.41, 5.74) is 2.51. The van der Waals surface area contributed by atoms with Crippen LogP contribution in [0.1, 0.15) is 43.4 Å². The first-order valence-electron chi connectivity index (χ1n) is 12.9. The molecule has 0 spiro atoms. The Labute approximate surface area is 222 Å². The molecule has 11 heteroatoms. The lowest BCUT2D eigenvalue weighted by Crippen LogP contribution is -2.53. The van der Waals surface area contributed by atoms with Crippen LogP contribution in [0.4, 0.5) is 15.8 Å². The van der Waals surface area contributed by atoms with E-state index < -0.39 is 23.9 Å². The molecule has 2 fully saturated rings. The van der Waals surface area contributed by atoms with Crippen molar-refractivity contribution in [2.45, 2.75) is 18.1 Å². The summed E-state index contributed by atoms with van der Waals surface area (Å²) in [6.45, 7) is 3.73. The van der Waals surface area contributed by atoms with Gasteiger partial charge in [-0.25, -0.2) is 4.39 Å². The number of nitrogens with one attached hydrogen (secondary N) is 7. The Kier molecular flexibility index (Phi) is 9.04. The standard InChI is InChI=1S/C27H35FN8O2/c1-30-23(15-5-4-6-19(28)18(15)12-29)16-11-17(26(37)20-13-33-7-9-35-20)24(31-2)25(32-3)22(16)27(38)21-14-34-8-10-36-21/h4-6,11,20-21,23,30-36H,7-10,13-14H2,1-3H3. The van der Waals surface area contributed by atoms with Crippen LogP contribution < -0.4 is 37.2 Å². The van der Waals surface area contributed by atoms with Crippen molar-refractivity contribution in [3.05, 3.63) is 57.9 Å². The molecule has 2 aliphatic rings. The molecule has 38 heavy (non-hydrogen) atoms. The number of benzene rings is 2. The predicted octanol–water partition coefficient (Wildman–Crippen LogP) is 0.578. The van der Waals surface area contributed by atoms with Crippen LogP contribution in [-0.2, 0) is 0 Å². The monoisotopic (exact) mass is 522 g/mol. The van der Waals surface area contributed by atoms with Gasteiger partial charge in [-0.1, -0.05) is 12.1 Å². The maximum Gasteiger partial charge on any atom is 0.183 e. The summed E-state index contributed by atoms with van der Waals surface area (Å²) in [5, 5.41) is 32.3. The Hall–Kier alpha value is -3.40. The van der Waals surface area contributed by atoms with Crippen molar-refractivity contribution >= 4 is 22.9 Å². The van der Waals surface area contributed by atoms with Crippen molar-refractivity contribution in [2.24, 2.45) is 0 Å². The van der Waals surface area contributed by atoms with Crippen LogP contribution in [0.3, 0.4) is 0 Å². The Morgan fingerprint density at radius 2 is 1.58 bits per heavy atom. The Balaban J connectivity index is 1.98. The van der Waals surface area contributed by atoms with Gasteiger partial charge in [-0.3, -0.25) is 9.59 Å². The number of Topliss-reactive ketones (excluding diaryl/α,β-unsaturated/α-hetero) is 2. The van der Waals surface area contributed by atoms with Crippen LogP contribution >= 0.6 is 0 Å². The molecule has 3 unspecified atom stereocenters. The van der Waals surface area contributed by atoms with Gasteiger partial charge < -0.3 is 37.2 Å². The number of ketones is 2. The summed E-state index contributed by atoms with van der Waals surface area (Å²) in [5.74, 6) is -0.948. The van der Waals surface area contributed by atoms with Gasteiger partial charge in [0.05, 0.1) is 35.1 Å². The molecule has 0 radical (unpaired) electrons. The van der Waals surface area contributed by atoms with Crippen LogP contribution in [0.15, 0.2) is 24.3 Å². The maximum absolute atomic E-state index is 14.7. The molecule has 0 saturated carbocycles. The minimum atomic E-state index is -0.738. The smallest absolute Gasteiger partial charge is 0.183 e. The van der Waals surface area contributed by atoms with Crippen LogP contribution in [0.2, 0.25) is 0 Å². The number of halogens is 1. The van der Waals surface area contributed by atoms with Crippen molar-refractivity contribution in [2.75, 3.05) is 71.0 Å². The van der Waals surface area contributed by atoms with Gasteiger partial charge in [0.1, 0.15) is 11.9 Å². The van der Waals surface area contributed by atoms with Crippen LogP contribution in [0.25, 0.3) is 0 Å². The molecule has 3 atom stereocenters. The molecule has 0 aromatic heterocycles. The van der Waals surface area contributed by atoms with Crippen molar-refractivity contribution in [1.29, 1.82) is 5.26 Å². The topological polar surface area (TPSA) is 142 Å². The molecule has 2 aromatic rings. The Morgan fingerprint density at radius 1 is 0.947 bits per heavy atom. The van der Waals surface area contributed by atoms with E-state index in [4.69, 9.17) is 0 Å². The largest absolute Gasteiger partial charge is 0.386 e. The zero-order valence-corrected chi connectivity index (χ0v) is 21.9. The van der Waals surface area contributed by atoms with Gasteiger partial charge in [0.25, 0.3) is 0 Å². The second-order valence-electron chi connectivity index (χ2n) is 9.33. The summed E-state index contributed by atoms with van der Waals surface area (Å²) < 4.78 is 14.7. The lowest BCUT2D eigenvalue weighted by molar-refractivity contribution is 0.0923. The van der Waals surface area contributed by atoms with E-state index in [-0.39, 0.29) is 17.1 Å². The molecule has 2 aliphatic heterocycles. The van der Waals surface area contributed by atoms with Crippen LogP contribution in [-0.4, -0.2) is 84.1 Å². The highest BCUT2D eigenvalue weighted by Crippen LogP contribution is 2.39. The molecule has 2 saturated heterocycles. The first-order valence-corrected chi connectivity index (χ1v) is 12.9. The van der Waals surface area contributed by atoms with E-state index in [0.717, 1.165) is 13.1 Å². The summed E-state index contributed by atoms with van der Waals surface area (Å²) in [6, 6.07) is 6.43. The highest BCUT2D eigenvalue weighted by molar-refractivity contribution is 6.14. The number of rotatable bonds is 9. The SMILES string of the molecule is CNc1c(C(=O)C2CNCCN2)cc(C(NC)c2cccc(F)c2C#N)c(C(=O)C2CNCCN2)c1NC. The average molecular weight is 523 g/mol. The normalized spacial score (nSPS) is 20.3. The van der Waals surface area contributed by atoms with Crippen molar-refractivity contribution in [3.8, 4) is 6.07 Å². The molecule has 2 heterocycles. The maximum atomic E-state index is 14.7. The van der Waals surface area contributed by atoms with E-state index in [2.05, 4.69) is 37.2 Å². The number of nitrogens with zero attached hydrogens (tertiary/aromatic N) is 1. The highest BCUT2D eigenvalue weighted by Gasteiger charge is 2.35. The lowest BCUT2D eigenvalue weighted by Gasteiger charge is -2.31.